The molecule has 0 saturated heterocycles. The number of rotatable bonds is 6. The van der Waals surface area contributed by atoms with Gasteiger partial charge in [-0.3, -0.25) is 14.2 Å². The van der Waals surface area contributed by atoms with Crippen LogP contribution < -0.4 is 10.3 Å². The summed E-state index contributed by atoms with van der Waals surface area (Å²) in [6.45, 7) is 1.52. The van der Waals surface area contributed by atoms with Crippen LogP contribution in [0.4, 0.5) is 22.0 Å². The molecule has 0 aliphatic carbocycles. The molecule has 0 radical (unpaired) electrons. The SMILES string of the molecule is Cc1ccc(Cn2c(O)c(C(=O)COc3c(F)c(F)c(F)c(F)c3F)c(C)c(C#N)c2=O)cc1. The molecule has 176 valence electrons. The summed E-state index contributed by atoms with van der Waals surface area (Å²) in [4.78, 5) is 25.4. The number of nitrogens with zero attached hydrogens (tertiary/aromatic N) is 2. The summed E-state index contributed by atoms with van der Waals surface area (Å²) in [5.74, 6) is -15.2. The Morgan fingerprint density at radius 1 is 1.00 bits per heavy atom. The summed E-state index contributed by atoms with van der Waals surface area (Å²) >= 11 is 0. The van der Waals surface area contributed by atoms with Crippen LogP contribution in [0.25, 0.3) is 0 Å². The Kier molecular flexibility index (Phi) is 6.72. The first-order valence-electron chi connectivity index (χ1n) is 9.59. The lowest BCUT2D eigenvalue weighted by Gasteiger charge is -2.16. The van der Waals surface area contributed by atoms with Gasteiger partial charge in [0.25, 0.3) is 5.56 Å². The zero-order valence-corrected chi connectivity index (χ0v) is 17.7. The van der Waals surface area contributed by atoms with Crippen molar-refractivity contribution in [2.75, 3.05) is 6.61 Å². The first-order valence-corrected chi connectivity index (χ1v) is 9.59. The second-order valence-electron chi connectivity index (χ2n) is 7.30. The fourth-order valence-corrected chi connectivity index (χ4v) is 3.23. The highest BCUT2D eigenvalue weighted by Crippen LogP contribution is 2.30. The van der Waals surface area contributed by atoms with Gasteiger partial charge in [-0.1, -0.05) is 29.8 Å². The number of aromatic nitrogens is 1. The minimum absolute atomic E-state index is 0.224. The van der Waals surface area contributed by atoms with Crippen molar-refractivity contribution in [3.63, 3.8) is 0 Å². The van der Waals surface area contributed by atoms with Crippen molar-refractivity contribution in [1.82, 2.24) is 4.57 Å². The van der Waals surface area contributed by atoms with E-state index in [1.165, 1.54) is 6.92 Å². The van der Waals surface area contributed by atoms with Gasteiger partial charge in [-0.05, 0) is 25.0 Å². The molecule has 0 aliphatic heterocycles. The fourth-order valence-electron chi connectivity index (χ4n) is 3.23. The molecule has 1 N–H and O–H groups in total. The van der Waals surface area contributed by atoms with Crippen molar-refractivity contribution in [3.8, 4) is 17.7 Å². The van der Waals surface area contributed by atoms with Crippen LogP contribution in [0.2, 0.25) is 0 Å². The summed E-state index contributed by atoms with van der Waals surface area (Å²) in [6, 6.07) is 8.42. The monoisotopic (exact) mass is 478 g/mol. The minimum atomic E-state index is -2.40. The Bertz CT molecular complexity index is 1380. The summed E-state index contributed by atoms with van der Waals surface area (Å²) in [5.41, 5.74) is -0.724. The van der Waals surface area contributed by atoms with Gasteiger partial charge in [-0.2, -0.15) is 14.0 Å². The predicted molar refractivity (Wildman–Crippen MR) is 108 cm³/mol. The highest BCUT2D eigenvalue weighted by atomic mass is 19.2. The summed E-state index contributed by atoms with van der Waals surface area (Å²) in [6.07, 6.45) is 0. The van der Waals surface area contributed by atoms with Gasteiger partial charge >= 0.3 is 0 Å². The zero-order chi connectivity index (χ0) is 25.3. The van der Waals surface area contributed by atoms with E-state index in [9.17, 15) is 41.9 Å². The molecule has 1 aromatic heterocycles. The number of pyridine rings is 1. The van der Waals surface area contributed by atoms with E-state index >= 15 is 0 Å². The van der Waals surface area contributed by atoms with Crippen LogP contribution in [-0.2, 0) is 6.54 Å². The lowest BCUT2D eigenvalue weighted by molar-refractivity contribution is 0.0908. The lowest BCUT2D eigenvalue weighted by Crippen LogP contribution is -2.28. The first-order chi connectivity index (χ1) is 16.0. The number of carbonyl (C=O) groups excluding carboxylic acids is 1. The molecule has 3 aromatic rings. The number of aromatic hydroxyl groups is 1. The molecule has 0 aliphatic rings. The molecule has 2 aromatic carbocycles. The van der Waals surface area contributed by atoms with Crippen LogP contribution in [0.15, 0.2) is 29.1 Å². The topological polar surface area (TPSA) is 92.3 Å². The van der Waals surface area contributed by atoms with E-state index in [1.54, 1.807) is 30.3 Å². The van der Waals surface area contributed by atoms with Crippen LogP contribution in [0.1, 0.15) is 32.6 Å². The van der Waals surface area contributed by atoms with E-state index in [4.69, 9.17) is 0 Å². The number of nitriles is 1. The van der Waals surface area contributed by atoms with E-state index in [2.05, 4.69) is 4.74 Å². The number of hydrogen-bond acceptors (Lipinski definition) is 5. The zero-order valence-electron chi connectivity index (χ0n) is 17.7. The van der Waals surface area contributed by atoms with E-state index in [0.717, 1.165) is 10.1 Å². The van der Waals surface area contributed by atoms with Crippen molar-refractivity contribution in [3.05, 3.63) is 91.5 Å². The molecule has 3 rings (SSSR count). The Labute approximate surface area is 189 Å². The third kappa shape index (κ3) is 4.22. The maximum Gasteiger partial charge on any atom is 0.271 e. The number of aryl methyl sites for hydroxylation is 1. The molecule has 0 atom stereocenters. The number of ether oxygens (including phenoxy) is 1. The maximum atomic E-state index is 13.8. The standard InChI is InChI=1S/C23H15F5N2O4/c1-10-3-5-12(6-4-10)8-30-22(32)13(7-29)11(2)15(23(30)33)14(31)9-34-21-19(27)17(25)16(24)18(26)20(21)28/h3-6,33H,8-9H2,1-2H3. The molecule has 0 amide bonds. The number of hydrogen-bond donors (Lipinski definition) is 1. The minimum Gasteiger partial charge on any atom is -0.494 e. The van der Waals surface area contributed by atoms with Gasteiger partial charge in [0.05, 0.1) is 12.1 Å². The van der Waals surface area contributed by atoms with Crippen molar-refractivity contribution in [1.29, 1.82) is 5.26 Å². The van der Waals surface area contributed by atoms with Crippen LogP contribution in [0.5, 0.6) is 11.6 Å². The molecule has 0 saturated carbocycles. The van der Waals surface area contributed by atoms with Crippen molar-refractivity contribution >= 4 is 5.78 Å². The molecule has 1 heterocycles. The molecule has 34 heavy (non-hydrogen) atoms. The molecule has 0 bridgehead atoms. The van der Waals surface area contributed by atoms with Crippen molar-refractivity contribution in [2.24, 2.45) is 0 Å². The number of benzene rings is 2. The Morgan fingerprint density at radius 3 is 2.06 bits per heavy atom. The highest BCUT2D eigenvalue weighted by molar-refractivity contribution is 6.01. The predicted octanol–water partition coefficient (Wildman–Crippen LogP) is 4.05. The number of carbonyl (C=O) groups is 1. The molecule has 6 nitrogen and oxygen atoms in total. The number of Topliss-reactive ketones (excluding diaryl/α,β-unsaturated/α-hetero) is 1. The summed E-state index contributed by atoms with van der Waals surface area (Å²) in [7, 11) is 0. The van der Waals surface area contributed by atoms with Gasteiger partial charge in [0.15, 0.2) is 12.4 Å². The van der Waals surface area contributed by atoms with E-state index < -0.39 is 69.8 Å². The summed E-state index contributed by atoms with van der Waals surface area (Å²) in [5, 5.41) is 20.0. The van der Waals surface area contributed by atoms with Crippen molar-refractivity contribution in [2.45, 2.75) is 20.4 Å². The van der Waals surface area contributed by atoms with Gasteiger partial charge in [0.2, 0.25) is 40.7 Å². The third-order valence-electron chi connectivity index (χ3n) is 5.06. The largest absolute Gasteiger partial charge is 0.494 e. The third-order valence-corrected chi connectivity index (χ3v) is 5.06. The second kappa shape index (κ2) is 9.35. The van der Waals surface area contributed by atoms with Crippen LogP contribution in [-0.4, -0.2) is 22.1 Å². The molecular weight excluding hydrogens is 463 g/mol. The quantitative estimate of drug-likeness (QED) is 0.250. The van der Waals surface area contributed by atoms with E-state index in [1.807, 2.05) is 6.92 Å². The molecular formula is C23H15F5N2O4. The van der Waals surface area contributed by atoms with Crippen LogP contribution in [0.3, 0.4) is 0 Å². The van der Waals surface area contributed by atoms with Gasteiger partial charge in [-0.15, -0.1) is 0 Å². The maximum absolute atomic E-state index is 13.8. The average Bonchev–Trinajstić information content (AvgIpc) is 2.80. The Morgan fingerprint density at radius 2 is 1.53 bits per heavy atom. The van der Waals surface area contributed by atoms with Crippen LogP contribution >= 0.6 is 0 Å². The van der Waals surface area contributed by atoms with Gasteiger partial charge < -0.3 is 9.84 Å². The second-order valence-corrected chi connectivity index (χ2v) is 7.30. The van der Waals surface area contributed by atoms with E-state index in [-0.39, 0.29) is 12.1 Å². The van der Waals surface area contributed by atoms with E-state index in [0.29, 0.717) is 5.56 Å². The van der Waals surface area contributed by atoms with Gasteiger partial charge in [0.1, 0.15) is 11.6 Å². The Hall–Kier alpha value is -4.20. The lowest BCUT2D eigenvalue weighted by atomic mass is 10.0. The fraction of sp³-hybridized carbons (Fsp3) is 0.174. The smallest absolute Gasteiger partial charge is 0.271 e. The van der Waals surface area contributed by atoms with Crippen LogP contribution in [0, 0.1) is 54.3 Å². The molecule has 0 spiro atoms. The average molecular weight is 478 g/mol. The van der Waals surface area contributed by atoms with Gasteiger partial charge in [-0.25, -0.2) is 13.2 Å². The normalized spacial score (nSPS) is 10.8. The first kappa shape index (κ1) is 24.4. The summed E-state index contributed by atoms with van der Waals surface area (Å²) < 4.78 is 72.9. The highest BCUT2D eigenvalue weighted by Gasteiger charge is 2.29. The number of halogens is 5. The number of ketones is 1. The molecule has 0 fully saturated rings. The molecule has 0 unspecified atom stereocenters. The van der Waals surface area contributed by atoms with Crippen molar-refractivity contribution < 1.29 is 36.6 Å². The van der Waals surface area contributed by atoms with Gasteiger partial charge in [0, 0.05) is 0 Å². The Balaban J connectivity index is 2.03. The molecule has 11 heteroatoms.